The first-order valence-corrected chi connectivity index (χ1v) is 11.6. The maximum atomic E-state index is 5.97. The van der Waals surface area contributed by atoms with Crippen LogP contribution in [0.15, 0.2) is 52.3 Å². The highest BCUT2D eigenvalue weighted by atomic mass is 32.2. The molecule has 0 bridgehead atoms. The molecule has 0 spiro atoms. The van der Waals surface area contributed by atoms with Gasteiger partial charge in [-0.05, 0) is 56.9 Å². The van der Waals surface area contributed by atoms with Crippen LogP contribution in [0.5, 0.6) is 0 Å². The Hall–Kier alpha value is -1.53. The number of aryl methyl sites for hydroxylation is 2. The summed E-state index contributed by atoms with van der Waals surface area (Å²) in [5, 5.41) is 0. The first-order valence-electron chi connectivity index (χ1n) is 10.7. The second kappa shape index (κ2) is 9.98. The summed E-state index contributed by atoms with van der Waals surface area (Å²) in [6.07, 6.45) is 3.41. The van der Waals surface area contributed by atoms with Crippen molar-refractivity contribution in [1.82, 2.24) is 4.90 Å². The van der Waals surface area contributed by atoms with Gasteiger partial charge in [0.05, 0.1) is 5.69 Å². The molecule has 5 heteroatoms. The minimum atomic E-state index is -0.00310. The van der Waals surface area contributed by atoms with Gasteiger partial charge in [0.25, 0.3) is 0 Å². The van der Waals surface area contributed by atoms with Crippen LogP contribution in [0.25, 0.3) is 0 Å². The number of para-hydroxylation sites is 1. The Morgan fingerprint density at radius 3 is 2.59 bits per heavy atom. The zero-order chi connectivity index (χ0) is 20.1. The molecule has 0 radical (unpaired) electrons. The van der Waals surface area contributed by atoms with E-state index >= 15 is 0 Å². The number of rotatable bonds is 6. The van der Waals surface area contributed by atoms with E-state index in [4.69, 9.17) is 9.47 Å². The molecule has 2 saturated heterocycles. The van der Waals surface area contributed by atoms with E-state index < -0.39 is 0 Å². The normalized spacial score (nSPS) is 20.8. The molecule has 0 aromatic heterocycles. The SMILES string of the molecule is Cc1ccc(Sc2ccccc2N2CCN(CO[C@@H]3CCCCO3)CC2)c(C)c1. The van der Waals surface area contributed by atoms with Crippen molar-refractivity contribution >= 4 is 17.4 Å². The Kier molecular flexibility index (Phi) is 7.14. The lowest BCUT2D eigenvalue weighted by molar-refractivity contribution is -0.184. The monoisotopic (exact) mass is 412 g/mol. The van der Waals surface area contributed by atoms with Gasteiger partial charge < -0.3 is 14.4 Å². The average Bonchev–Trinajstić information content (AvgIpc) is 2.76. The zero-order valence-electron chi connectivity index (χ0n) is 17.6. The van der Waals surface area contributed by atoms with E-state index in [9.17, 15) is 0 Å². The molecular formula is C24H32N2O2S. The lowest BCUT2D eigenvalue weighted by atomic mass is 10.2. The van der Waals surface area contributed by atoms with Crippen LogP contribution in [0.2, 0.25) is 0 Å². The van der Waals surface area contributed by atoms with Crippen LogP contribution < -0.4 is 4.90 Å². The van der Waals surface area contributed by atoms with Gasteiger partial charge in [-0.3, -0.25) is 4.90 Å². The van der Waals surface area contributed by atoms with E-state index in [0.717, 1.165) is 45.6 Å². The van der Waals surface area contributed by atoms with Gasteiger partial charge in [0.1, 0.15) is 6.73 Å². The first kappa shape index (κ1) is 20.7. The molecule has 0 amide bonds. The lowest BCUT2D eigenvalue weighted by Crippen LogP contribution is -2.47. The van der Waals surface area contributed by atoms with Crippen LogP contribution in [-0.4, -0.2) is 50.7 Å². The quantitative estimate of drug-likeness (QED) is 0.659. The van der Waals surface area contributed by atoms with Crippen molar-refractivity contribution < 1.29 is 9.47 Å². The van der Waals surface area contributed by atoms with E-state index in [1.807, 2.05) is 11.8 Å². The number of ether oxygens (including phenoxy) is 2. The zero-order valence-corrected chi connectivity index (χ0v) is 18.4. The van der Waals surface area contributed by atoms with E-state index in [1.165, 1.54) is 33.0 Å². The molecule has 2 aliphatic heterocycles. The van der Waals surface area contributed by atoms with Gasteiger partial charge >= 0.3 is 0 Å². The molecule has 2 fully saturated rings. The fraction of sp³-hybridized carbons (Fsp3) is 0.500. The summed E-state index contributed by atoms with van der Waals surface area (Å²) < 4.78 is 11.7. The number of hydrogen-bond donors (Lipinski definition) is 0. The van der Waals surface area contributed by atoms with Gasteiger partial charge in [0, 0.05) is 42.6 Å². The van der Waals surface area contributed by atoms with Crippen molar-refractivity contribution in [1.29, 1.82) is 0 Å². The maximum Gasteiger partial charge on any atom is 0.159 e. The van der Waals surface area contributed by atoms with Crippen LogP contribution >= 0.6 is 11.8 Å². The molecule has 156 valence electrons. The molecule has 0 unspecified atom stereocenters. The van der Waals surface area contributed by atoms with Gasteiger partial charge in [0.15, 0.2) is 6.29 Å². The van der Waals surface area contributed by atoms with Gasteiger partial charge in [0.2, 0.25) is 0 Å². The molecule has 29 heavy (non-hydrogen) atoms. The van der Waals surface area contributed by atoms with Crippen molar-refractivity contribution in [3.05, 3.63) is 53.6 Å². The molecule has 2 aromatic rings. The predicted molar refractivity (Wildman–Crippen MR) is 120 cm³/mol. The Labute approximate surface area is 179 Å². The second-order valence-electron chi connectivity index (χ2n) is 8.04. The van der Waals surface area contributed by atoms with Crippen molar-refractivity contribution in [2.45, 2.75) is 49.2 Å². The molecule has 4 nitrogen and oxygen atoms in total. The summed E-state index contributed by atoms with van der Waals surface area (Å²) in [7, 11) is 0. The molecule has 2 aromatic carbocycles. The third-order valence-corrected chi connectivity index (χ3v) is 6.95. The average molecular weight is 413 g/mol. The fourth-order valence-corrected chi connectivity index (χ4v) is 5.03. The summed E-state index contributed by atoms with van der Waals surface area (Å²) in [5.74, 6) is 0. The molecule has 2 aliphatic rings. The van der Waals surface area contributed by atoms with Crippen molar-refractivity contribution in [3.63, 3.8) is 0 Å². The molecule has 1 atom stereocenters. The highest BCUT2D eigenvalue weighted by Gasteiger charge is 2.21. The van der Waals surface area contributed by atoms with Crippen LogP contribution in [-0.2, 0) is 9.47 Å². The van der Waals surface area contributed by atoms with Gasteiger partial charge in [-0.2, -0.15) is 0 Å². The smallest absolute Gasteiger partial charge is 0.159 e. The van der Waals surface area contributed by atoms with E-state index in [0.29, 0.717) is 6.73 Å². The lowest BCUT2D eigenvalue weighted by Gasteiger charge is -2.37. The number of anilines is 1. The largest absolute Gasteiger partial charge is 0.368 e. The number of hydrogen-bond acceptors (Lipinski definition) is 5. The van der Waals surface area contributed by atoms with Crippen molar-refractivity contribution in [2.75, 3.05) is 44.4 Å². The van der Waals surface area contributed by atoms with E-state index in [1.54, 1.807) is 0 Å². The van der Waals surface area contributed by atoms with Gasteiger partial charge in [-0.25, -0.2) is 0 Å². The molecule has 0 aliphatic carbocycles. The van der Waals surface area contributed by atoms with Gasteiger partial charge in [-0.15, -0.1) is 0 Å². The molecule has 4 rings (SSSR count). The van der Waals surface area contributed by atoms with Crippen LogP contribution in [0.4, 0.5) is 5.69 Å². The number of piperazine rings is 1. The minimum Gasteiger partial charge on any atom is -0.368 e. The molecule has 0 saturated carbocycles. The summed E-state index contributed by atoms with van der Waals surface area (Å²) in [4.78, 5) is 7.58. The molecule has 0 N–H and O–H groups in total. The fourth-order valence-electron chi connectivity index (χ4n) is 3.99. The first-order chi connectivity index (χ1) is 14.2. The summed E-state index contributed by atoms with van der Waals surface area (Å²) >= 11 is 1.88. The predicted octanol–water partition coefficient (Wildman–Crippen LogP) is 5.08. The van der Waals surface area contributed by atoms with Crippen LogP contribution in [0.1, 0.15) is 30.4 Å². The van der Waals surface area contributed by atoms with Crippen molar-refractivity contribution in [2.24, 2.45) is 0 Å². The maximum absolute atomic E-state index is 5.97. The third kappa shape index (κ3) is 5.54. The number of benzene rings is 2. The Balaban J connectivity index is 1.35. The van der Waals surface area contributed by atoms with Crippen molar-refractivity contribution in [3.8, 4) is 0 Å². The summed E-state index contributed by atoms with van der Waals surface area (Å²) in [5.41, 5.74) is 4.00. The Bertz CT molecular complexity index is 799. The molecule has 2 heterocycles. The van der Waals surface area contributed by atoms with Crippen LogP contribution in [0.3, 0.4) is 0 Å². The highest BCUT2D eigenvalue weighted by Crippen LogP contribution is 2.37. The van der Waals surface area contributed by atoms with E-state index in [-0.39, 0.29) is 6.29 Å². The van der Waals surface area contributed by atoms with Gasteiger partial charge in [-0.1, -0.05) is 41.6 Å². The van der Waals surface area contributed by atoms with E-state index in [2.05, 4.69) is 66.1 Å². The second-order valence-corrected chi connectivity index (χ2v) is 9.12. The Morgan fingerprint density at radius 1 is 1.00 bits per heavy atom. The summed E-state index contributed by atoms with van der Waals surface area (Å²) in [6, 6.07) is 15.5. The minimum absolute atomic E-state index is 0.00310. The topological polar surface area (TPSA) is 24.9 Å². The Morgan fingerprint density at radius 2 is 1.83 bits per heavy atom. The highest BCUT2D eigenvalue weighted by molar-refractivity contribution is 7.99. The third-order valence-electron chi connectivity index (χ3n) is 5.71. The summed E-state index contributed by atoms with van der Waals surface area (Å²) in [6.45, 7) is 9.97. The van der Waals surface area contributed by atoms with Crippen LogP contribution in [0, 0.1) is 13.8 Å². The molecular weight excluding hydrogens is 380 g/mol. The number of nitrogens with zero attached hydrogens (tertiary/aromatic N) is 2. The standard InChI is InChI=1S/C24H32N2O2S/c1-19-10-11-22(20(2)17-19)29-23-8-4-3-7-21(23)26-14-12-25(13-15-26)18-28-24-9-5-6-16-27-24/h3-4,7-8,10-11,17,24H,5-6,9,12-16,18H2,1-2H3/t24-/m1/s1.